The number of aromatic nitrogens is 2. The van der Waals surface area contributed by atoms with E-state index >= 15 is 0 Å². The third-order valence-electron chi connectivity index (χ3n) is 2.89. The molecular weight excluding hydrogens is 393 g/mol. The minimum Gasteiger partial charge on any atom is -0.368 e. The lowest BCUT2D eigenvalue weighted by Crippen LogP contribution is -2.25. The van der Waals surface area contributed by atoms with Crippen LogP contribution in [0.15, 0.2) is 38.1 Å². The predicted molar refractivity (Wildman–Crippen MR) is 83.4 cm³/mol. The Balaban J connectivity index is 2.33. The van der Waals surface area contributed by atoms with Crippen LogP contribution in [0.1, 0.15) is 5.56 Å². The molecular formula is C13H12Br2FN3O. The van der Waals surface area contributed by atoms with E-state index in [1.54, 1.807) is 37.3 Å². The Labute approximate surface area is 132 Å². The van der Waals surface area contributed by atoms with Crippen molar-refractivity contribution in [3.8, 4) is 0 Å². The van der Waals surface area contributed by atoms with Gasteiger partial charge >= 0.3 is 0 Å². The molecule has 0 radical (unpaired) electrons. The SMILES string of the molecule is CN(Cc1cc(Br)ccc1F)c1cnn(C)c(=O)c1Br. The molecule has 2 aromatic rings. The van der Waals surface area contributed by atoms with E-state index in [1.165, 1.54) is 10.7 Å². The lowest BCUT2D eigenvalue weighted by Gasteiger charge is -2.20. The molecule has 0 N–H and O–H groups in total. The molecule has 0 fully saturated rings. The van der Waals surface area contributed by atoms with Crippen LogP contribution in [0, 0.1) is 5.82 Å². The highest BCUT2D eigenvalue weighted by Crippen LogP contribution is 2.23. The fourth-order valence-corrected chi connectivity index (χ4v) is 2.84. The Morgan fingerprint density at radius 1 is 1.40 bits per heavy atom. The van der Waals surface area contributed by atoms with Gasteiger partial charge in [-0.2, -0.15) is 5.10 Å². The molecule has 0 aliphatic rings. The molecule has 20 heavy (non-hydrogen) atoms. The van der Waals surface area contributed by atoms with E-state index in [0.29, 0.717) is 22.3 Å². The third kappa shape index (κ3) is 3.09. The van der Waals surface area contributed by atoms with Crippen LogP contribution in [0.5, 0.6) is 0 Å². The number of aryl methyl sites for hydroxylation is 1. The van der Waals surface area contributed by atoms with Gasteiger partial charge in [0.05, 0.1) is 11.9 Å². The van der Waals surface area contributed by atoms with Crippen molar-refractivity contribution in [2.75, 3.05) is 11.9 Å². The maximum atomic E-state index is 13.7. The number of hydrogen-bond acceptors (Lipinski definition) is 3. The molecule has 0 aliphatic heterocycles. The fourth-order valence-electron chi connectivity index (χ4n) is 1.77. The van der Waals surface area contributed by atoms with Crippen LogP contribution >= 0.6 is 31.9 Å². The van der Waals surface area contributed by atoms with E-state index in [1.807, 2.05) is 0 Å². The second-order valence-corrected chi connectivity index (χ2v) is 6.07. The van der Waals surface area contributed by atoms with E-state index in [0.717, 1.165) is 4.47 Å². The van der Waals surface area contributed by atoms with Gasteiger partial charge in [-0.05, 0) is 34.1 Å². The zero-order chi connectivity index (χ0) is 14.9. The summed E-state index contributed by atoms with van der Waals surface area (Å²) in [6.45, 7) is 0.332. The molecule has 0 saturated heterocycles. The normalized spacial score (nSPS) is 10.7. The molecule has 4 nitrogen and oxygen atoms in total. The summed E-state index contributed by atoms with van der Waals surface area (Å²) in [5.74, 6) is -0.284. The van der Waals surface area contributed by atoms with Crippen LogP contribution in [0.4, 0.5) is 10.1 Å². The van der Waals surface area contributed by atoms with Gasteiger partial charge in [0, 0.05) is 30.7 Å². The standard InChI is InChI=1S/C13H12Br2FN3O/c1-18(7-8-5-9(14)3-4-10(8)16)11-6-17-19(2)13(20)12(11)15/h3-6H,7H2,1-2H3. The molecule has 1 aromatic carbocycles. The molecule has 0 unspecified atom stereocenters. The number of anilines is 1. The minimum absolute atomic E-state index is 0.232. The maximum Gasteiger partial charge on any atom is 0.282 e. The fraction of sp³-hybridized carbons (Fsp3) is 0.231. The van der Waals surface area contributed by atoms with Crippen molar-refractivity contribution >= 4 is 37.5 Å². The quantitative estimate of drug-likeness (QED) is 0.788. The summed E-state index contributed by atoms with van der Waals surface area (Å²) in [6, 6.07) is 4.77. The van der Waals surface area contributed by atoms with Crippen molar-refractivity contribution in [3.05, 3.63) is 55.1 Å². The summed E-state index contributed by atoms with van der Waals surface area (Å²) >= 11 is 6.58. The summed E-state index contributed by atoms with van der Waals surface area (Å²) in [4.78, 5) is 13.6. The van der Waals surface area contributed by atoms with E-state index in [-0.39, 0.29) is 11.4 Å². The van der Waals surface area contributed by atoms with Crippen molar-refractivity contribution in [1.82, 2.24) is 9.78 Å². The molecule has 106 valence electrons. The average molecular weight is 405 g/mol. The van der Waals surface area contributed by atoms with E-state index in [4.69, 9.17) is 0 Å². The highest BCUT2D eigenvalue weighted by atomic mass is 79.9. The first-order valence-electron chi connectivity index (χ1n) is 5.77. The molecule has 0 amide bonds. The highest BCUT2D eigenvalue weighted by Gasteiger charge is 2.13. The molecule has 0 aliphatic carbocycles. The van der Waals surface area contributed by atoms with Crippen molar-refractivity contribution in [2.24, 2.45) is 7.05 Å². The van der Waals surface area contributed by atoms with Gasteiger partial charge < -0.3 is 4.90 Å². The molecule has 1 aromatic heterocycles. The Hall–Kier alpha value is -1.21. The van der Waals surface area contributed by atoms with Gasteiger partial charge in [-0.1, -0.05) is 15.9 Å². The summed E-state index contributed by atoms with van der Waals surface area (Å²) in [6.07, 6.45) is 1.57. The number of hydrogen-bond donors (Lipinski definition) is 0. The van der Waals surface area contributed by atoms with Gasteiger partial charge in [-0.3, -0.25) is 4.79 Å². The smallest absolute Gasteiger partial charge is 0.282 e. The highest BCUT2D eigenvalue weighted by molar-refractivity contribution is 9.10. The Bertz CT molecular complexity index is 703. The van der Waals surface area contributed by atoms with Crippen molar-refractivity contribution in [1.29, 1.82) is 0 Å². The molecule has 0 spiro atoms. The van der Waals surface area contributed by atoms with Crippen molar-refractivity contribution in [2.45, 2.75) is 6.54 Å². The van der Waals surface area contributed by atoms with Gasteiger partial charge in [0.1, 0.15) is 10.3 Å². The maximum absolute atomic E-state index is 13.7. The van der Waals surface area contributed by atoms with Gasteiger partial charge in [-0.25, -0.2) is 9.07 Å². The molecule has 0 saturated carbocycles. The first kappa shape index (κ1) is 15.2. The van der Waals surface area contributed by atoms with Crippen LogP contribution in [-0.4, -0.2) is 16.8 Å². The van der Waals surface area contributed by atoms with Crippen LogP contribution in [0.2, 0.25) is 0 Å². The van der Waals surface area contributed by atoms with Gasteiger partial charge in [-0.15, -0.1) is 0 Å². The second-order valence-electron chi connectivity index (χ2n) is 4.36. The molecule has 7 heteroatoms. The molecule has 0 atom stereocenters. The lowest BCUT2D eigenvalue weighted by molar-refractivity contribution is 0.607. The summed E-state index contributed by atoms with van der Waals surface area (Å²) in [7, 11) is 3.35. The largest absolute Gasteiger partial charge is 0.368 e. The van der Waals surface area contributed by atoms with Gasteiger partial charge in [0.15, 0.2) is 0 Å². The van der Waals surface area contributed by atoms with E-state index < -0.39 is 0 Å². The third-order valence-corrected chi connectivity index (χ3v) is 4.12. The minimum atomic E-state index is -0.284. The Morgan fingerprint density at radius 3 is 2.80 bits per heavy atom. The first-order valence-corrected chi connectivity index (χ1v) is 7.35. The number of halogens is 3. The Morgan fingerprint density at radius 2 is 2.10 bits per heavy atom. The summed E-state index contributed by atoms with van der Waals surface area (Å²) in [5.41, 5.74) is 0.922. The molecule has 2 rings (SSSR count). The summed E-state index contributed by atoms with van der Waals surface area (Å²) < 4.78 is 16.2. The van der Waals surface area contributed by atoms with Crippen LogP contribution in [0.25, 0.3) is 0 Å². The Kier molecular flexibility index (Phi) is 4.59. The number of rotatable bonds is 3. The predicted octanol–water partition coefficient (Wildman–Crippen LogP) is 3.08. The zero-order valence-corrected chi connectivity index (χ0v) is 14.1. The number of nitrogens with zero attached hydrogens (tertiary/aromatic N) is 3. The van der Waals surface area contributed by atoms with Crippen LogP contribution in [0.3, 0.4) is 0 Å². The van der Waals surface area contributed by atoms with Gasteiger partial charge in [0.25, 0.3) is 5.56 Å². The monoisotopic (exact) mass is 403 g/mol. The van der Waals surface area contributed by atoms with Crippen molar-refractivity contribution < 1.29 is 4.39 Å². The molecule has 1 heterocycles. The zero-order valence-electron chi connectivity index (χ0n) is 10.9. The molecule has 0 bridgehead atoms. The first-order chi connectivity index (χ1) is 9.40. The summed E-state index contributed by atoms with van der Waals surface area (Å²) in [5, 5.41) is 3.97. The van der Waals surface area contributed by atoms with Crippen molar-refractivity contribution in [3.63, 3.8) is 0 Å². The second kappa shape index (κ2) is 6.05. The van der Waals surface area contributed by atoms with Crippen LogP contribution < -0.4 is 10.5 Å². The van der Waals surface area contributed by atoms with Gasteiger partial charge in [0.2, 0.25) is 0 Å². The number of benzene rings is 1. The van der Waals surface area contributed by atoms with E-state index in [2.05, 4.69) is 37.0 Å². The van der Waals surface area contributed by atoms with Crippen LogP contribution in [-0.2, 0) is 13.6 Å². The van der Waals surface area contributed by atoms with E-state index in [9.17, 15) is 9.18 Å². The topological polar surface area (TPSA) is 38.1 Å². The lowest BCUT2D eigenvalue weighted by atomic mass is 10.2. The average Bonchev–Trinajstić information content (AvgIpc) is 2.40.